The summed E-state index contributed by atoms with van der Waals surface area (Å²) in [6, 6.07) is 21.4. The molecule has 1 N–H and O–H groups in total. The maximum atomic E-state index is 14.6. The van der Waals surface area contributed by atoms with Crippen LogP contribution in [0.2, 0.25) is 0 Å². The molecule has 0 radical (unpaired) electrons. The molecule has 1 saturated heterocycles. The zero-order valence-electron chi connectivity index (χ0n) is 18.0. The number of hydrogen-bond acceptors (Lipinski definition) is 6. The van der Waals surface area contributed by atoms with Crippen LogP contribution in [0.15, 0.2) is 99.4 Å². The number of furan rings is 1. The molecule has 3 heterocycles. The molecule has 7 nitrogen and oxygen atoms in total. The van der Waals surface area contributed by atoms with Crippen LogP contribution >= 0.6 is 11.8 Å². The molecule has 35 heavy (non-hydrogen) atoms. The third kappa shape index (κ3) is 4.62. The maximum absolute atomic E-state index is 14.6. The van der Waals surface area contributed by atoms with Crippen LogP contribution in [0.5, 0.6) is 0 Å². The fourth-order valence-electron chi connectivity index (χ4n) is 3.41. The summed E-state index contributed by atoms with van der Waals surface area (Å²) in [5.41, 5.74) is 1.32. The average molecular weight is 485 g/mol. The number of carbonyl (C=O) groups excluding carboxylic acids is 1. The molecule has 0 bridgehead atoms. The molecule has 1 amide bonds. The fourth-order valence-corrected chi connectivity index (χ4v) is 4.37. The fraction of sp³-hybridized carbons (Fsp3) is 0. The van der Waals surface area contributed by atoms with Crippen LogP contribution in [0.25, 0.3) is 17.4 Å². The third-order valence-electron chi connectivity index (χ3n) is 5.03. The number of para-hydroxylation sites is 1. The van der Waals surface area contributed by atoms with Crippen molar-refractivity contribution in [3.63, 3.8) is 0 Å². The van der Waals surface area contributed by atoms with Gasteiger partial charge in [-0.25, -0.2) is 24.1 Å². The highest BCUT2D eigenvalue weighted by Crippen LogP contribution is 2.38. The van der Waals surface area contributed by atoms with Gasteiger partial charge in [-0.2, -0.15) is 0 Å². The van der Waals surface area contributed by atoms with Crippen LogP contribution in [0, 0.1) is 5.82 Å². The number of halogens is 1. The van der Waals surface area contributed by atoms with Crippen molar-refractivity contribution in [1.29, 1.82) is 0 Å². The number of amidine groups is 1. The summed E-state index contributed by atoms with van der Waals surface area (Å²) >= 11 is 1.07. The molecular weight excluding hydrogens is 469 g/mol. The van der Waals surface area contributed by atoms with Crippen molar-refractivity contribution in [2.24, 2.45) is 4.99 Å². The summed E-state index contributed by atoms with van der Waals surface area (Å²) in [7, 11) is 0. The Morgan fingerprint density at radius 1 is 1.06 bits per heavy atom. The van der Waals surface area contributed by atoms with Crippen molar-refractivity contribution in [1.82, 2.24) is 4.98 Å². The van der Waals surface area contributed by atoms with Crippen LogP contribution in [0.1, 0.15) is 16.1 Å². The van der Waals surface area contributed by atoms with Crippen LogP contribution in [0.4, 0.5) is 15.9 Å². The Morgan fingerprint density at radius 2 is 1.89 bits per heavy atom. The van der Waals surface area contributed by atoms with E-state index in [1.165, 1.54) is 30.5 Å². The molecule has 0 unspecified atom stereocenters. The lowest BCUT2D eigenvalue weighted by molar-refractivity contribution is -0.113. The molecule has 9 heteroatoms. The normalized spacial score (nSPS) is 15.8. The zero-order chi connectivity index (χ0) is 24.4. The number of amides is 1. The zero-order valence-corrected chi connectivity index (χ0v) is 18.8. The molecule has 0 saturated carbocycles. The van der Waals surface area contributed by atoms with E-state index in [2.05, 4.69) is 9.98 Å². The number of nitrogens with zero attached hydrogens (tertiary/aromatic N) is 3. The minimum absolute atomic E-state index is 0.134. The van der Waals surface area contributed by atoms with Crippen molar-refractivity contribution < 1.29 is 23.5 Å². The smallest absolute Gasteiger partial charge is 0.335 e. The Hall–Kier alpha value is -4.50. The number of aromatic carboxylic acids is 1. The van der Waals surface area contributed by atoms with Crippen molar-refractivity contribution in [2.45, 2.75) is 0 Å². The van der Waals surface area contributed by atoms with Gasteiger partial charge in [0, 0.05) is 17.8 Å². The van der Waals surface area contributed by atoms with Gasteiger partial charge in [-0.3, -0.25) is 4.79 Å². The monoisotopic (exact) mass is 485 g/mol. The molecule has 172 valence electrons. The van der Waals surface area contributed by atoms with Gasteiger partial charge in [0.1, 0.15) is 11.5 Å². The molecule has 2 aromatic heterocycles. The minimum Gasteiger partial charge on any atom is -0.478 e. The quantitative estimate of drug-likeness (QED) is 0.349. The number of benzene rings is 2. The van der Waals surface area contributed by atoms with Gasteiger partial charge in [-0.05, 0) is 60.3 Å². The van der Waals surface area contributed by atoms with Gasteiger partial charge in [0.15, 0.2) is 16.8 Å². The number of carbonyl (C=O) groups is 2. The number of thioether (sulfide) groups is 1. The number of pyridine rings is 1. The van der Waals surface area contributed by atoms with E-state index in [0.29, 0.717) is 22.8 Å². The lowest BCUT2D eigenvalue weighted by Crippen LogP contribution is -2.30. The predicted octanol–water partition coefficient (Wildman–Crippen LogP) is 5.99. The summed E-state index contributed by atoms with van der Waals surface area (Å²) < 4.78 is 20.4. The first-order chi connectivity index (χ1) is 17.0. The summed E-state index contributed by atoms with van der Waals surface area (Å²) in [6.07, 6.45) is 2.95. The predicted molar refractivity (Wildman–Crippen MR) is 132 cm³/mol. The highest BCUT2D eigenvalue weighted by Gasteiger charge is 2.37. The van der Waals surface area contributed by atoms with Gasteiger partial charge in [-0.1, -0.05) is 30.3 Å². The standard InChI is InChI=1S/C26H16FN3O4S/c27-20-10-5-13-28-23(20)30-24(31)22(35-26(30)29-18-8-2-1-3-9-18)15-19-11-12-21(34-19)16-6-4-7-17(14-16)25(32)33/h1-15H,(H,32,33). The van der Waals surface area contributed by atoms with Crippen molar-refractivity contribution in [3.8, 4) is 11.3 Å². The molecule has 0 aliphatic carbocycles. The molecule has 1 fully saturated rings. The van der Waals surface area contributed by atoms with E-state index in [1.807, 2.05) is 18.2 Å². The van der Waals surface area contributed by atoms with E-state index in [-0.39, 0.29) is 21.5 Å². The van der Waals surface area contributed by atoms with Crippen molar-refractivity contribution in [2.75, 3.05) is 4.90 Å². The number of aliphatic imine (C=N–C) groups is 1. The molecule has 0 atom stereocenters. The number of carboxylic acids is 1. The first kappa shape index (κ1) is 22.3. The topological polar surface area (TPSA) is 96.0 Å². The second-order valence-corrected chi connectivity index (χ2v) is 8.39. The Labute approximate surface area is 203 Å². The number of anilines is 1. The van der Waals surface area contributed by atoms with Crippen LogP contribution in [-0.4, -0.2) is 27.1 Å². The third-order valence-corrected chi connectivity index (χ3v) is 6.00. The Morgan fingerprint density at radius 3 is 2.66 bits per heavy atom. The number of carboxylic acid groups (broad SMARTS) is 1. The summed E-state index contributed by atoms with van der Waals surface area (Å²) in [6.45, 7) is 0. The average Bonchev–Trinajstić information content (AvgIpc) is 3.45. The van der Waals surface area contributed by atoms with E-state index >= 15 is 0 Å². The van der Waals surface area contributed by atoms with Gasteiger partial charge < -0.3 is 9.52 Å². The van der Waals surface area contributed by atoms with E-state index in [0.717, 1.165) is 16.7 Å². The molecular formula is C26H16FN3O4S. The van der Waals surface area contributed by atoms with E-state index < -0.39 is 17.7 Å². The highest BCUT2D eigenvalue weighted by molar-refractivity contribution is 8.19. The summed E-state index contributed by atoms with van der Waals surface area (Å²) in [5.74, 6) is -1.51. The Kier molecular flexibility index (Phi) is 5.99. The van der Waals surface area contributed by atoms with Gasteiger partial charge >= 0.3 is 5.97 Å². The second kappa shape index (κ2) is 9.40. The molecule has 5 rings (SSSR count). The number of rotatable bonds is 5. The SMILES string of the molecule is O=C(O)c1cccc(-c2ccc(C=C3SC(=Nc4ccccc4)N(c4ncccc4F)C3=O)o2)c1. The van der Waals surface area contributed by atoms with Crippen LogP contribution < -0.4 is 4.90 Å². The van der Waals surface area contributed by atoms with E-state index in [4.69, 9.17) is 4.42 Å². The van der Waals surface area contributed by atoms with Gasteiger partial charge in [0.25, 0.3) is 5.91 Å². The first-order valence-corrected chi connectivity index (χ1v) is 11.2. The molecule has 1 aliphatic rings. The van der Waals surface area contributed by atoms with Crippen molar-refractivity contribution in [3.05, 3.63) is 107 Å². The number of aromatic nitrogens is 1. The van der Waals surface area contributed by atoms with E-state index in [9.17, 15) is 19.1 Å². The van der Waals surface area contributed by atoms with E-state index in [1.54, 1.807) is 42.5 Å². The lowest BCUT2D eigenvalue weighted by atomic mass is 10.1. The van der Waals surface area contributed by atoms with Gasteiger partial charge in [0.2, 0.25) is 0 Å². The maximum Gasteiger partial charge on any atom is 0.335 e. The lowest BCUT2D eigenvalue weighted by Gasteiger charge is -2.14. The Balaban J connectivity index is 1.51. The highest BCUT2D eigenvalue weighted by atomic mass is 32.2. The minimum atomic E-state index is -1.04. The first-order valence-electron chi connectivity index (χ1n) is 10.4. The van der Waals surface area contributed by atoms with Crippen LogP contribution in [-0.2, 0) is 4.79 Å². The van der Waals surface area contributed by atoms with Gasteiger partial charge in [-0.15, -0.1) is 0 Å². The summed E-state index contributed by atoms with van der Waals surface area (Å²) in [5, 5.41) is 9.48. The summed E-state index contributed by atoms with van der Waals surface area (Å²) in [4.78, 5) is 34.5. The molecule has 0 spiro atoms. The number of hydrogen-bond donors (Lipinski definition) is 1. The second-order valence-electron chi connectivity index (χ2n) is 7.38. The molecule has 4 aromatic rings. The molecule has 1 aliphatic heterocycles. The van der Waals surface area contributed by atoms with Gasteiger partial charge in [0.05, 0.1) is 16.2 Å². The van der Waals surface area contributed by atoms with Crippen LogP contribution in [0.3, 0.4) is 0 Å². The van der Waals surface area contributed by atoms with Crippen molar-refractivity contribution >= 4 is 46.4 Å². The largest absolute Gasteiger partial charge is 0.478 e. The Bertz CT molecular complexity index is 1500. The molecule has 2 aromatic carbocycles.